The smallest absolute Gasteiger partial charge is 0.230 e. The normalized spacial score (nSPS) is 19.2. The minimum absolute atomic E-state index is 0. The van der Waals surface area contributed by atoms with E-state index >= 15 is 0 Å². The number of piperidine rings is 1. The van der Waals surface area contributed by atoms with Crippen LogP contribution in [0.2, 0.25) is 0 Å². The number of nitrogens with zero attached hydrogens (tertiary/aromatic N) is 1. The van der Waals surface area contributed by atoms with E-state index in [4.69, 9.17) is 5.73 Å². The number of hydrogen-bond donors (Lipinski definition) is 2. The van der Waals surface area contributed by atoms with Gasteiger partial charge in [-0.3, -0.25) is 9.59 Å². The molecule has 0 aromatic heterocycles. The van der Waals surface area contributed by atoms with Crippen LogP contribution in [0.5, 0.6) is 0 Å². The molecule has 1 saturated heterocycles. The summed E-state index contributed by atoms with van der Waals surface area (Å²) in [5.41, 5.74) is 6.52. The summed E-state index contributed by atoms with van der Waals surface area (Å²) in [7, 11) is 0. The molecule has 1 fully saturated rings. The summed E-state index contributed by atoms with van der Waals surface area (Å²) in [4.78, 5) is 27.4. The molecule has 3 atom stereocenters. The van der Waals surface area contributed by atoms with Gasteiger partial charge in [0.25, 0.3) is 0 Å². The summed E-state index contributed by atoms with van der Waals surface area (Å²) in [6.45, 7) is 6.42. The van der Waals surface area contributed by atoms with E-state index in [2.05, 4.69) is 19.2 Å². The fraction of sp³-hybridized carbons (Fsp3) is 0.600. The number of carbonyl (C=O) groups excluding carboxylic acids is 2. The van der Waals surface area contributed by atoms with Gasteiger partial charge in [0.1, 0.15) is 0 Å². The van der Waals surface area contributed by atoms with Crippen molar-refractivity contribution in [3.63, 3.8) is 0 Å². The summed E-state index contributed by atoms with van der Waals surface area (Å²) in [5, 5.41) is 2.85. The number of nitrogens with two attached hydrogens (primary N) is 1. The highest BCUT2D eigenvalue weighted by Gasteiger charge is 2.34. The Morgan fingerprint density at radius 3 is 2.62 bits per heavy atom. The third-order valence-corrected chi connectivity index (χ3v) is 5.19. The Hall–Kier alpha value is -1.59. The van der Waals surface area contributed by atoms with Crippen molar-refractivity contribution < 1.29 is 9.59 Å². The van der Waals surface area contributed by atoms with E-state index in [0.29, 0.717) is 19.6 Å². The van der Waals surface area contributed by atoms with Crippen molar-refractivity contribution >= 4 is 24.2 Å². The molecule has 1 aromatic rings. The van der Waals surface area contributed by atoms with Gasteiger partial charge >= 0.3 is 0 Å². The molecule has 0 saturated carbocycles. The molecule has 26 heavy (non-hydrogen) atoms. The number of likely N-dealkylation sites (tertiary alicyclic amines) is 1. The molecular weight excluding hydrogens is 350 g/mol. The molecule has 1 aliphatic rings. The lowest BCUT2D eigenvalue weighted by atomic mass is 9.83. The van der Waals surface area contributed by atoms with Crippen LogP contribution in [-0.4, -0.2) is 42.9 Å². The van der Waals surface area contributed by atoms with Crippen LogP contribution in [0.1, 0.15) is 44.6 Å². The summed E-state index contributed by atoms with van der Waals surface area (Å²) in [6, 6.07) is 10.0. The predicted octanol–water partition coefficient (Wildman–Crippen LogP) is 2.55. The number of hydrogen-bond acceptors (Lipinski definition) is 3. The molecule has 3 N–H and O–H groups in total. The van der Waals surface area contributed by atoms with Crippen molar-refractivity contribution in [2.24, 2.45) is 17.6 Å². The molecular formula is C20H32ClN3O2. The highest BCUT2D eigenvalue weighted by atomic mass is 35.5. The maximum absolute atomic E-state index is 13.3. The van der Waals surface area contributed by atoms with Crippen molar-refractivity contribution in [1.29, 1.82) is 0 Å². The highest BCUT2D eigenvalue weighted by molar-refractivity contribution is 5.86. The van der Waals surface area contributed by atoms with Crippen LogP contribution in [0.4, 0.5) is 0 Å². The second kappa shape index (κ2) is 11.2. The average Bonchev–Trinajstić information content (AvgIpc) is 2.66. The van der Waals surface area contributed by atoms with E-state index in [1.54, 1.807) is 0 Å². The summed E-state index contributed by atoms with van der Waals surface area (Å²) in [5.74, 6) is 0.163. The van der Waals surface area contributed by atoms with Gasteiger partial charge in [-0.05, 0) is 24.3 Å². The lowest BCUT2D eigenvalue weighted by molar-refractivity contribution is -0.138. The quantitative estimate of drug-likeness (QED) is 0.762. The maximum atomic E-state index is 13.3. The molecule has 146 valence electrons. The molecule has 5 nitrogen and oxygen atoms in total. The van der Waals surface area contributed by atoms with Crippen molar-refractivity contribution in [2.45, 2.75) is 39.0 Å². The van der Waals surface area contributed by atoms with Crippen LogP contribution < -0.4 is 11.1 Å². The number of nitrogens with one attached hydrogen (secondary N) is 1. The largest absolute Gasteiger partial charge is 0.355 e. The van der Waals surface area contributed by atoms with Gasteiger partial charge in [0.2, 0.25) is 11.8 Å². The van der Waals surface area contributed by atoms with Crippen molar-refractivity contribution in [1.82, 2.24) is 10.2 Å². The fourth-order valence-electron chi connectivity index (χ4n) is 3.54. The Balaban J connectivity index is 0.00000338. The summed E-state index contributed by atoms with van der Waals surface area (Å²) >= 11 is 0. The van der Waals surface area contributed by atoms with E-state index in [0.717, 1.165) is 31.4 Å². The number of halogens is 1. The molecule has 1 aromatic carbocycles. The Bertz CT molecular complexity index is 567. The van der Waals surface area contributed by atoms with Crippen LogP contribution in [0, 0.1) is 11.8 Å². The minimum Gasteiger partial charge on any atom is -0.355 e. The molecule has 0 radical (unpaired) electrons. The van der Waals surface area contributed by atoms with Gasteiger partial charge in [0.15, 0.2) is 0 Å². The van der Waals surface area contributed by atoms with Crippen LogP contribution in [0.3, 0.4) is 0 Å². The fourth-order valence-corrected chi connectivity index (χ4v) is 3.54. The Morgan fingerprint density at radius 2 is 2.00 bits per heavy atom. The summed E-state index contributed by atoms with van der Waals surface area (Å²) in [6.07, 6.45) is 2.65. The summed E-state index contributed by atoms with van der Waals surface area (Å²) < 4.78 is 0. The number of carbonyl (C=O) groups is 2. The first kappa shape index (κ1) is 22.5. The van der Waals surface area contributed by atoms with Crippen LogP contribution in [0.15, 0.2) is 30.3 Å². The minimum atomic E-state index is -0.142. The van der Waals surface area contributed by atoms with Crippen LogP contribution in [-0.2, 0) is 9.59 Å². The van der Waals surface area contributed by atoms with Gasteiger partial charge in [-0.1, -0.05) is 50.6 Å². The first-order chi connectivity index (χ1) is 12.1. The van der Waals surface area contributed by atoms with Crippen LogP contribution in [0.25, 0.3) is 0 Å². The predicted molar refractivity (Wildman–Crippen MR) is 107 cm³/mol. The lowest BCUT2D eigenvalue weighted by Gasteiger charge is -2.36. The Morgan fingerprint density at radius 1 is 1.31 bits per heavy atom. The molecule has 0 spiro atoms. The molecule has 1 aliphatic heterocycles. The molecule has 2 rings (SSSR count). The standard InChI is InChI=1S/C20H31N3O2.ClH/c1-3-15(2)18(16-8-5-4-6-9-16)20(25)23-13-7-10-17(14-23)19(24)22-12-11-21;/h4-6,8-9,15,17-18H,3,7,10-14,21H2,1-2H3,(H,22,24);1H. The number of benzene rings is 1. The van der Waals surface area contributed by atoms with E-state index < -0.39 is 0 Å². The molecule has 3 unspecified atom stereocenters. The highest BCUT2D eigenvalue weighted by Crippen LogP contribution is 2.30. The molecule has 0 aliphatic carbocycles. The molecule has 2 amide bonds. The number of rotatable bonds is 7. The van der Waals surface area contributed by atoms with E-state index in [1.807, 2.05) is 35.2 Å². The first-order valence-corrected chi connectivity index (χ1v) is 9.40. The second-order valence-corrected chi connectivity index (χ2v) is 6.98. The monoisotopic (exact) mass is 381 g/mol. The molecule has 1 heterocycles. The van der Waals surface area contributed by atoms with Crippen LogP contribution >= 0.6 is 12.4 Å². The molecule has 0 bridgehead atoms. The lowest BCUT2D eigenvalue weighted by Crippen LogP contribution is -2.48. The average molecular weight is 382 g/mol. The van der Waals surface area contributed by atoms with Gasteiger partial charge in [0.05, 0.1) is 11.8 Å². The van der Waals surface area contributed by atoms with Crippen molar-refractivity contribution in [3.05, 3.63) is 35.9 Å². The Labute approximate surface area is 163 Å². The topological polar surface area (TPSA) is 75.4 Å². The zero-order chi connectivity index (χ0) is 18.2. The second-order valence-electron chi connectivity index (χ2n) is 6.98. The third-order valence-electron chi connectivity index (χ3n) is 5.19. The van der Waals surface area contributed by atoms with Gasteiger partial charge in [-0.25, -0.2) is 0 Å². The first-order valence-electron chi connectivity index (χ1n) is 9.40. The zero-order valence-electron chi connectivity index (χ0n) is 15.8. The zero-order valence-corrected chi connectivity index (χ0v) is 16.6. The van der Waals surface area contributed by atoms with Crippen molar-refractivity contribution in [2.75, 3.05) is 26.2 Å². The molecule has 6 heteroatoms. The van der Waals surface area contributed by atoms with Gasteiger partial charge in [-0.15, -0.1) is 12.4 Å². The number of amides is 2. The van der Waals surface area contributed by atoms with Gasteiger partial charge < -0.3 is 16.0 Å². The van der Waals surface area contributed by atoms with Crippen molar-refractivity contribution in [3.8, 4) is 0 Å². The van der Waals surface area contributed by atoms with E-state index in [-0.39, 0.29) is 42.0 Å². The SMILES string of the molecule is CCC(C)C(C(=O)N1CCCC(C(=O)NCCN)C1)c1ccccc1.Cl. The maximum Gasteiger partial charge on any atom is 0.230 e. The third kappa shape index (κ3) is 5.71. The van der Waals surface area contributed by atoms with E-state index in [1.165, 1.54) is 0 Å². The Kier molecular flexibility index (Phi) is 9.66. The van der Waals surface area contributed by atoms with Gasteiger partial charge in [0, 0.05) is 26.2 Å². The van der Waals surface area contributed by atoms with E-state index in [9.17, 15) is 9.59 Å². The van der Waals surface area contributed by atoms with Gasteiger partial charge in [-0.2, -0.15) is 0 Å².